The third-order valence-corrected chi connectivity index (χ3v) is 10.3. The largest absolute Gasteiger partial charge is 0.472 e. The maximum atomic E-state index is 12.6. The van der Waals surface area contributed by atoms with Gasteiger partial charge in [-0.05, 0) is 77.0 Å². The van der Waals surface area contributed by atoms with Gasteiger partial charge in [0.25, 0.3) is 0 Å². The summed E-state index contributed by atoms with van der Waals surface area (Å²) >= 11 is 0. The van der Waals surface area contributed by atoms with E-state index in [2.05, 4.69) is 86.8 Å². The number of allylic oxidation sites excluding steroid dienone is 14. The summed E-state index contributed by atoms with van der Waals surface area (Å²) in [6, 6.07) is 0. The van der Waals surface area contributed by atoms with E-state index >= 15 is 0 Å². The van der Waals surface area contributed by atoms with Crippen molar-refractivity contribution >= 4 is 19.8 Å². The van der Waals surface area contributed by atoms with Gasteiger partial charge < -0.3 is 20.1 Å². The van der Waals surface area contributed by atoms with Crippen molar-refractivity contribution in [1.29, 1.82) is 0 Å². The van der Waals surface area contributed by atoms with Crippen LogP contribution in [0.15, 0.2) is 85.1 Å². The predicted octanol–water partition coefficient (Wildman–Crippen LogP) is 13.6. The molecular formula is C49H84NO8P. The summed E-state index contributed by atoms with van der Waals surface area (Å²) in [6.45, 7) is 3.52. The summed E-state index contributed by atoms with van der Waals surface area (Å²) in [5.41, 5.74) is 5.35. The third-order valence-electron chi connectivity index (χ3n) is 9.28. The monoisotopic (exact) mass is 846 g/mol. The number of nitrogens with two attached hydrogens (primary N) is 1. The van der Waals surface area contributed by atoms with E-state index < -0.39 is 32.5 Å². The van der Waals surface area contributed by atoms with Crippen molar-refractivity contribution in [3.8, 4) is 0 Å². The van der Waals surface area contributed by atoms with Crippen LogP contribution in [0.1, 0.15) is 181 Å². The lowest BCUT2D eigenvalue weighted by atomic mass is 10.1. The second-order valence-corrected chi connectivity index (χ2v) is 16.3. The second kappa shape index (κ2) is 44.7. The van der Waals surface area contributed by atoms with E-state index in [4.69, 9.17) is 24.3 Å². The van der Waals surface area contributed by atoms with Gasteiger partial charge in [-0.2, -0.15) is 0 Å². The van der Waals surface area contributed by atoms with E-state index in [0.717, 1.165) is 57.8 Å². The molecule has 0 radical (unpaired) electrons. The number of rotatable bonds is 42. The second-order valence-electron chi connectivity index (χ2n) is 14.9. The van der Waals surface area contributed by atoms with Crippen LogP contribution in [-0.4, -0.2) is 49.3 Å². The molecule has 0 saturated carbocycles. The number of hydrogen-bond donors (Lipinski definition) is 2. The highest BCUT2D eigenvalue weighted by molar-refractivity contribution is 7.47. The number of phosphoric acid groups is 1. The number of phosphoric ester groups is 1. The van der Waals surface area contributed by atoms with Gasteiger partial charge in [-0.3, -0.25) is 18.6 Å². The van der Waals surface area contributed by atoms with Gasteiger partial charge in [0.05, 0.1) is 13.2 Å². The van der Waals surface area contributed by atoms with E-state index in [9.17, 15) is 19.0 Å². The van der Waals surface area contributed by atoms with Gasteiger partial charge >= 0.3 is 19.8 Å². The number of carbonyl (C=O) groups is 2. The minimum absolute atomic E-state index is 0.0396. The topological polar surface area (TPSA) is 134 Å². The maximum absolute atomic E-state index is 12.6. The standard InChI is InChI=1S/C49H84NO8P/c1-3-5-7-9-11-13-15-17-19-21-23-25-27-29-31-33-35-37-39-41-48(51)55-45-47(46-57-59(53,54)56-44-43-50)58-49(52)42-40-38-36-34-32-30-28-26-24-22-20-18-16-14-12-10-8-6-4-2/h5,7,11,13,17-20,23,25,29,31,35,37,47H,3-4,6,8-10,12,14-16,21-22,24,26-28,30,32-34,36,38-46,50H2,1-2H3,(H,53,54)/b7-5+,13-11+,19-17+,20-18+,25-23+,31-29+,37-35+/t47-/m1/s1. The Morgan fingerprint density at radius 1 is 0.525 bits per heavy atom. The molecule has 0 saturated heterocycles. The van der Waals surface area contributed by atoms with Crippen molar-refractivity contribution in [2.75, 3.05) is 26.4 Å². The van der Waals surface area contributed by atoms with Crippen LogP contribution in [0.3, 0.4) is 0 Å². The Hall–Kier alpha value is -2.81. The fourth-order valence-electron chi connectivity index (χ4n) is 5.89. The minimum Gasteiger partial charge on any atom is -0.462 e. The van der Waals surface area contributed by atoms with Gasteiger partial charge in [0.15, 0.2) is 6.10 Å². The Balaban J connectivity index is 4.24. The van der Waals surface area contributed by atoms with Crippen LogP contribution in [0, 0.1) is 0 Å². The summed E-state index contributed by atoms with van der Waals surface area (Å²) < 4.78 is 32.7. The molecule has 0 aliphatic carbocycles. The highest BCUT2D eigenvalue weighted by Crippen LogP contribution is 2.43. The Labute approximate surface area is 360 Å². The van der Waals surface area contributed by atoms with Crippen molar-refractivity contribution < 1.29 is 37.6 Å². The first-order valence-electron chi connectivity index (χ1n) is 23.1. The van der Waals surface area contributed by atoms with Gasteiger partial charge in [-0.25, -0.2) is 4.57 Å². The van der Waals surface area contributed by atoms with Crippen molar-refractivity contribution in [2.24, 2.45) is 5.73 Å². The fraction of sp³-hybridized carbons (Fsp3) is 0.673. The first-order chi connectivity index (χ1) is 28.8. The average molecular weight is 846 g/mol. The molecule has 0 spiro atoms. The molecular weight excluding hydrogens is 762 g/mol. The van der Waals surface area contributed by atoms with Gasteiger partial charge in [0.1, 0.15) is 6.61 Å². The number of carbonyl (C=O) groups excluding carboxylic acids is 2. The van der Waals surface area contributed by atoms with Crippen molar-refractivity contribution in [1.82, 2.24) is 0 Å². The van der Waals surface area contributed by atoms with Gasteiger partial charge in [-0.15, -0.1) is 0 Å². The zero-order chi connectivity index (χ0) is 43.2. The Morgan fingerprint density at radius 2 is 0.966 bits per heavy atom. The van der Waals surface area contributed by atoms with Crippen LogP contribution >= 0.6 is 7.82 Å². The minimum atomic E-state index is -4.40. The lowest BCUT2D eigenvalue weighted by Crippen LogP contribution is -2.29. The lowest BCUT2D eigenvalue weighted by Gasteiger charge is -2.19. The summed E-state index contributed by atoms with van der Waals surface area (Å²) in [4.78, 5) is 34.9. The van der Waals surface area contributed by atoms with Gasteiger partial charge in [-0.1, -0.05) is 176 Å². The summed E-state index contributed by atoms with van der Waals surface area (Å²) in [5, 5.41) is 0. The average Bonchev–Trinajstić information content (AvgIpc) is 3.22. The molecule has 0 fully saturated rings. The van der Waals surface area contributed by atoms with Crippen molar-refractivity contribution in [3.05, 3.63) is 85.1 Å². The van der Waals surface area contributed by atoms with E-state index in [1.807, 2.05) is 12.2 Å². The van der Waals surface area contributed by atoms with E-state index in [1.54, 1.807) is 0 Å². The Morgan fingerprint density at radius 3 is 1.46 bits per heavy atom. The molecule has 0 aromatic heterocycles. The predicted molar refractivity (Wildman–Crippen MR) is 247 cm³/mol. The Kier molecular flexibility index (Phi) is 42.6. The van der Waals surface area contributed by atoms with Crippen molar-refractivity contribution in [2.45, 2.75) is 187 Å². The normalized spacial score (nSPS) is 14.0. The third kappa shape index (κ3) is 44.6. The van der Waals surface area contributed by atoms with Crippen LogP contribution in [0.4, 0.5) is 0 Å². The van der Waals surface area contributed by atoms with E-state index in [0.29, 0.717) is 12.8 Å². The quantitative estimate of drug-likeness (QED) is 0.0266. The highest BCUT2D eigenvalue weighted by Gasteiger charge is 2.25. The van der Waals surface area contributed by atoms with Gasteiger partial charge in [0.2, 0.25) is 0 Å². The summed E-state index contributed by atoms with van der Waals surface area (Å²) in [7, 11) is -4.40. The molecule has 0 heterocycles. The van der Waals surface area contributed by atoms with Crippen LogP contribution in [-0.2, 0) is 32.7 Å². The molecule has 0 aromatic carbocycles. The number of unbranched alkanes of at least 4 members (excludes halogenated alkanes) is 15. The molecule has 338 valence electrons. The van der Waals surface area contributed by atoms with E-state index in [-0.39, 0.29) is 32.6 Å². The molecule has 0 aliphatic rings. The molecule has 0 aromatic rings. The molecule has 59 heavy (non-hydrogen) atoms. The number of esters is 2. The molecule has 2 atom stereocenters. The van der Waals surface area contributed by atoms with Crippen molar-refractivity contribution in [3.63, 3.8) is 0 Å². The molecule has 0 rings (SSSR count). The molecule has 0 bridgehead atoms. The molecule has 9 nitrogen and oxygen atoms in total. The van der Waals surface area contributed by atoms with E-state index in [1.165, 1.54) is 83.5 Å². The fourth-order valence-corrected chi connectivity index (χ4v) is 6.65. The molecule has 3 N–H and O–H groups in total. The van der Waals surface area contributed by atoms with Crippen LogP contribution in [0.2, 0.25) is 0 Å². The molecule has 10 heteroatoms. The zero-order valence-corrected chi connectivity index (χ0v) is 38.1. The van der Waals surface area contributed by atoms with Gasteiger partial charge in [0, 0.05) is 19.4 Å². The van der Waals surface area contributed by atoms with Crippen LogP contribution in [0.5, 0.6) is 0 Å². The highest BCUT2D eigenvalue weighted by atomic mass is 31.2. The summed E-state index contributed by atoms with van der Waals surface area (Å²) in [5.74, 6) is -0.933. The number of ether oxygens (including phenoxy) is 2. The number of hydrogen-bond acceptors (Lipinski definition) is 8. The maximum Gasteiger partial charge on any atom is 0.472 e. The molecule has 1 unspecified atom stereocenters. The van der Waals surface area contributed by atoms with Crippen LogP contribution in [0.25, 0.3) is 0 Å². The zero-order valence-electron chi connectivity index (χ0n) is 37.2. The SMILES string of the molecule is CC/C=C/C/C=C/C/C=C/C/C=C/C/C=C/C/C=C/CCC(=O)OC[C@H](COP(=O)(O)OCCN)OC(=O)CCCCCCCCCCC/C=C/CCCCCCCC. The summed E-state index contributed by atoms with van der Waals surface area (Å²) in [6.07, 6.45) is 56.3. The first kappa shape index (κ1) is 56.2. The van der Waals surface area contributed by atoms with Crippen LogP contribution < -0.4 is 5.73 Å². The Bertz CT molecular complexity index is 1240. The lowest BCUT2D eigenvalue weighted by molar-refractivity contribution is -0.161. The molecule has 0 amide bonds. The smallest absolute Gasteiger partial charge is 0.462 e. The first-order valence-corrected chi connectivity index (χ1v) is 24.6. The molecule has 0 aliphatic heterocycles.